The summed E-state index contributed by atoms with van der Waals surface area (Å²) in [5.41, 5.74) is 1.02. The van der Waals surface area contributed by atoms with E-state index >= 15 is 0 Å². The van der Waals surface area contributed by atoms with E-state index in [4.69, 9.17) is 0 Å². The first kappa shape index (κ1) is 18.2. The standard InChI is InChI=1S/C17H24I2N2O2/c18-13-9-12(17(23)14(19)10-13)11-20-5-7-21(8-6-20)15-3-1-2-4-16(15)22/h9-10,15-16,22-23H,1-8,11H2. The Labute approximate surface area is 165 Å². The van der Waals surface area contributed by atoms with Gasteiger partial charge in [-0.3, -0.25) is 9.80 Å². The van der Waals surface area contributed by atoms with Crippen LogP contribution in [0.15, 0.2) is 12.1 Å². The Morgan fingerprint density at radius 3 is 2.43 bits per heavy atom. The molecular formula is C17H24I2N2O2. The summed E-state index contributed by atoms with van der Waals surface area (Å²) in [6.07, 6.45) is 4.37. The van der Waals surface area contributed by atoms with Crippen LogP contribution in [0.2, 0.25) is 0 Å². The first-order chi connectivity index (χ1) is 11.0. The second-order valence-electron chi connectivity index (χ2n) is 6.63. The van der Waals surface area contributed by atoms with Crippen LogP contribution in [0.3, 0.4) is 0 Å². The van der Waals surface area contributed by atoms with E-state index in [1.54, 1.807) is 0 Å². The maximum absolute atomic E-state index is 10.3. The van der Waals surface area contributed by atoms with Crippen LogP contribution in [0.1, 0.15) is 31.2 Å². The Hall–Kier alpha value is 0.360. The molecule has 0 radical (unpaired) electrons. The molecule has 2 fully saturated rings. The molecule has 2 atom stereocenters. The van der Waals surface area contributed by atoms with Gasteiger partial charge in [0.1, 0.15) is 5.75 Å². The molecule has 3 rings (SSSR count). The molecule has 0 spiro atoms. The van der Waals surface area contributed by atoms with Crippen molar-refractivity contribution in [1.82, 2.24) is 9.80 Å². The molecule has 1 saturated heterocycles. The lowest BCUT2D eigenvalue weighted by molar-refractivity contribution is -0.00480. The minimum absolute atomic E-state index is 0.142. The van der Waals surface area contributed by atoms with E-state index in [-0.39, 0.29) is 6.10 Å². The summed E-state index contributed by atoms with van der Waals surface area (Å²) in [5.74, 6) is 0.427. The van der Waals surface area contributed by atoms with Crippen molar-refractivity contribution in [3.8, 4) is 5.75 Å². The third kappa shape index (κ3) is 4.50. The Morgan fingerprint density at radius 2 is 1.74 bits per heavy atom. The van der Waals surface area contributed by atoms with Crippen LogP contribution in [0.4, 0.5) is 0 Å². The van der Waals surface area contributed by atoms with Gasteiger partial charge in [0, 0.05) is 47.9 Å². The van der Waals surface area contributed by atoms with Gasteiger partial charge in [0.15, 0.2) is 0 Å². The van der Waals surface area contributed by atoms with Crippen LogP contribution in [0.25, 0.3) is 0 Å². The van der Waals surface area contributed by atoms with Gasteiger partial charge in [0.05, 0.1) is 9.67 Å². The fourth-order valence-electron chi connectivity index (χ4n) is 3.75. The number of benzene rings is 1. The van der Waals surface area contributed by atoms with Crippen LogP contribution >= 0.6 is 45.2 Å². The third-order valence-corrected chi connectivity index (χ3v) is 6.52. The molecule has 1 saturated carbocycles. The highest BCUT2D eigenvalue weighted by molar-refractivity contribution is 14.1. The maximum Gasteiger partial charge on any atom is 0.133 e. The topological polar surface area (TPSA) is 46.9 Å². The highest BCUT2D eigenvalue weighted by Gasteiger charge is 2.30. The van der Waals surface area contributed by atoms with Gasteiger partial charge in [-0.1, -0.05) is 12.8 Å². The molecule has 128 valence electrons. The summed E-state index contributed by atoms with van der Waals surface area (Å²) in [6, 6.07) is 4.44. The van der Waals surface area contributed by atoms with Gasteiger partial charge in [-0.2, -0.15) is 0 Å². The first-order valence-corrected chi connectivity index (χ1v) is 10.5. The predicted molar refractivity (Wildman–Crippen MR) is 109 cm³/mol. The minimum atomic E-state index is -0.142. The van der Waals surface area contributed by atoms with Gasteiger partial charge < -0.3 is 10.2 Å². The normalized spacial score (nSPS) is 27.3. The molecule has 4 nitrogen and oxygen atoms in total. The second kappa shape index (κ2) is 8.16. The number of aliphatic hydroxyl groups is 1. The van der Waals surface area contributed by atoms with Crippen LogP contribution in [0.5, 0.6) is 5.75 Å². The fraction of sp³-hybridized carbons (Fsp3) is 0.647. The Bertz CT molecular complexity index is 548. The number of phenolic OH excluding ortho intramolecular Hbond substituents is 1. The van der Waals surface area contributed by atoms with Crippen molar-refractivity contribution in [3.63, 3.8) is 0 Å². The van der Waals surface area contributed by atoms with Crippen molar-refractivity contribution in [3.05, 3.63) is 24.8 Å². The van der Waals surface area contributed by atoms with Crippen LogP contribution in [-0.2, 0) is 6.54 Å². The number of aromatic hydroxyl groups is 1. The quantitative estimate of drug-likeness (QED) is 0.578. The zero-order valence-electron chi connectivity index (χ0n) is 13.2. The average molecular weight is 542 g/mol. The molecule has 2 aliphatic rings. The molecule has 0 amide bonds. The summed E-state index contributed by atoms with van der Waals surface area (Å²) in [7, 11) is 0. The highest BCUT2D eigenvalue weighted by atomic mass is 127. The van der Waals surface area contributed by atoms with Crippen molar-refractivity contribution in [2.75, 3.05) is 26.2 Å². The second-order valence-corrected chi connectivity index (χ2v) is 9.03. The molecule has 2 N–H and O–H groups in total. The summed E-state index contributed by atoms with van der Waals surface area (Å²) in [5, 5.41) is 20.5. The molecule has 1 aromatic rings. The first-order valence-electron chi connectivity index (χ1n) is 8.36. The van der Waals surface area contributed by atoms with E-state index in [0.29, 0.717) is 11.8 Å². The van der Waals surface area contributed by atoms with Gasteiger partial charge in [0.2, 0.25) is 0 Å². The molecule has 1 aliphatic heterocycles. The Balaban J connectivity index is 1.57. The molecule has 2 unspecified atom stereocenters. The van der Waals surface area contributed by atoms with E-state index in [1.165, 1.54) is 16.4 Å². The number of rotatable bonds is 3. The number of hydrogen-bond acceptors (Lipinski definition) is 4. The lowest BCUT2D eigenvalue weighted by Crippen LogP contribution is -2.54. The van der Waals surface area contributed by atoms with E-state index < -0.39 is 0 Å². The molecule has 1 aromatic carbocycles. The van der Waals surface area contributed by atoms with Crippen LogP contribution in [0, 0.1) is 7.14 Å². The zero-order chi connectivity index (χ0) is 16.4. The summed E-state index contributed by atoms with van der Waals surface area (Å²) < 4.78 is 2.09. The van der Waals surface area contributed by atoms with E-state index in [1.807, 2.05) is 6.07 Å². The fourth-order valence-corrected chi connectivity index (χ4v) is 5.72. The van der Waals surface area contributed by atoms with Crippen molar-refractivity contribution >= 4 is 45.2 Å². The van der Waals surface area contributed by atoms with Gasteiger partial charge in [-0.15, -0.1) is 0 Å². The molecular weight excluding hydrogens is 518 g/mol. The summed E-state index contributed by atoms with van der Waals surface area (Å²) >= 11 is 4.50. The number of phenols is 1. The lowest BCUT2D eigenvalue weighted by Gasteiger charge is -2.42. The molecule has 0 aromatic heterocycles. The number of hydrogen-bond donors (Lipinski definition) is 2. The van der Waals surface area contributed by atoms with Crippen LogP contribution < -0.4 is 0 Å². The highest BCUT2D eigenvalue weighted by Crippen LogP contribution is 2.29. The van der Waals surface area contributed by atoms with Crippen molar-refractivity contribution < 1.29 is 10.2 Å². The van der Waals surface area contributed by atoms with Gasteiger partial charge in [-0.25, -0.2) is 0 Å². The van der Waals surface area contributed by atoms with E-state index in [0.717, 1.165) is 54.7 Å². The minimum Gasteiger partial charge on any atom is -0.507 e. The van der Waals surface area contributed by atoms with Gasteiger partial charge >= 0.3 is 0 Å². The Morgan fingerprint density at radius 1 is 1.04 bits per heavy atom. The van der Waals surface area contributed by atoms with E-state index in [9.17, 15) is 10.2 Å². The average Bonchev–Trinajstić information content (AvgIpc) is 2.53. The van der Waals surface area contributed by atoms with E-state index in [2.05, 4.69) is 61.0 Å². The van der Waals surface area contributed by atoms with Crippen LogP contribution in [-0.4, -0.2) is 58.3 Å². The smallest absolute Gasteiger partial charge is 0.133 e. The zero-order valence-corrected chi connectivity index (χ0v) is 17.5. The largest absolute Gasteiger partial charge is 0.507 e. The monoisotopic (exact) mass is 542 g/mol. The summed E-state index contributed by atoms with van der Waals surface area (Å²) in [4.78, 5) is 4.88. The third-order valence-electron chi connectivity index (χ3n) is 5.07. The number of halogens is 2. The van der Waals surface area contributed by atoms with Crippen molar-refractivity contribution in [2.24, 2.45) is 0 Å². The summed E-state index contributed by atoms with van der Waals surface area (Å²) in [6.45, 7) is 4.85. The molecule has 1 aliphatic carbocycles. The number of piperazine rings is 1. The Kier molecular flexibility index (Phi) is 6.44. The lowest BCUT2D eigenvalue weighted by atomic mass is 9.91. The molecule has 1 heterocycles. The van der Waals surface area contributed by atoms with Crippen molar-refractivity contribution in [1.29, 1.82) is 0 Å². The van der Waals surface area contributed by atoms with Gasteiger partial charge in [0.25, 0.3) is 0 Å². The SMILES string of the molecule is Oc1c(I)cc(I)cc1CN1CCN(C2CCCCC2O)CC1. The molecule has 0 bridgehead atoms. The predicted octanol–water partition coefficient (Wildman–Crippen LogP) is 3.02. The van der Waals surface area contributed by atoms with Gasteiger partial charge in [-0.05, 0) is 70.2 Å². The number of nitrogens with zero attached hydrogens (tertiary/aromatic N) is 2. The maximum atomic E-state index is 10.3. The number of aliphatic hydroxyl groups excluding tert-OH is 1. The molecule has 6 heteroatoms. The van der Waals surface area contributed by atoms with Crippen molar-refractivity contribution in [2.45, 2.75) is 44.4 Å². The molecule has 23 heavy (non-hydrogen) atoms.